The van der Waals surface area contributed by atoms with E-state index in [9.17, 15) is 9.59 Å². The average molecular weight is 342 g/mol. The zero-order valence-corrected chi connectivity index (χ0v) is 14.3. The van der Waals surface area contributed by atoms with Gasteiger partial charge in [-0.2, -0.15) is 0 Å². The summed E-state index contributed by atoms with van der Waals surface area (Å²) in [5.74, 6) is 1.41. The second kappa shape index (κ2) is 7.88. The van der Waals surface area contributed by atoms with Gasteiger partial charge in [0.25, 0.3) is 5.91 Å². The van der Waals surface area contributed by atoms with Crippen LogP contribution in [0.2, 0.25) is 0 Å². The number of para-hydroxylation sites is 1. The molecular weight excluding hydrogens is 320 g/mol. The third kappa shape index (κ3) is 4.21. The first-order chi connectivity index (χ1) is 12.1. The zero-order valence-electron chi connectivity index (χ0n) is 14.3. The van der Waals surface area contributed by atoms with Gasteiger partial charge in [0.2, 0.25) is 5.91 Å². The van der Waals surface area contributed by atoms with E-state index < -0.39 is 0 Å². The normalized spacial score (nSPS) is 14.4. The molecule has 6 heteroatoms. The molecule has 2 amide bonds. The van der Waals surface area contributed by atoms with E-state index >= 15 is 0 Å². The topological polar surface area (TPSA) is 63.0 Å². The van der Waals surface area contributed by atoms with Gasteiger partial charge < -0.3 is 19.0 Å². The Morgan fingerprint density at radius 1 is 1.04 bits per heavy atom. The van der Waals surface area contributed by atoms with Gasteiger partial charge in [0.05, 0.1) is 24.9 Å². The van der Waals surface area contributed by atoms with Crippen LogP contribution >= 0.6 is 0 Å². The van der Waals surface area contributed by atoms with E-state index in [1.807, 2.05) is 30.3 Å². The van der Waals surface area contributed by atoms with Crippen molar-refractivity contribution in [2.24, 2.45) is 0 Å². The van der Waals surface area contributed by atoms with E-state index in [4.69, 9.17) is 9.15 Å². The first-order valence-corrected chi connectivity index (χ1v) is 8.44. The van der Waals surface area contributed by atoms with Crippen molar-refractivity contribution in [3.8, 4) is 5.75 Å². The summed E-state index contributed by atoms with van der Waals surface area (Å²) < 4.78 is 10.8. The number of benzene rings is 1. The van der Waals surface area contributed by atoms with Crippen molar-refractivity contribution < 1.29 is 18.7 Å². The molecule has 6 nitrogen and oxygen atoms in total. The maximum atomic E-state index is 12.4. The van der Waals surface area contributed by atoms with Crippen molar-refractivity contribution in [1.82, 2.24) is 9.80 Å². The molecule has 1 aliphatic rings. The lowest BCUT2D eigenvalue weighted by atomic mass is 10.2. The van der Waals surface area contributed by atoms with Crippen LogP contribution in [-0.4, -0.2) is 54.4 Å². The van der Waals surface area contributed by atoms with Crippen LogP contribution < -0.4 is 4.74 Å². The van der Waals surface area contributed by atoms with Crippen molar-refractivity contribution in [3.05, 3.63) is 54.0 Å². The highest BCUT2D eigenvalue weighted by Crippen LogP contribution is 2.14. The molecular formula is C19H22N2O4. The number of hydrogen-bond donors (Lipinski definition) is 0. The minimum Gasteiger partial charge on any atom is -0.493 e. The van der Waals surface area contributed by atoms with E-state index in [2.05, 4.69) is 0 Å². The molecule has 0 aliphatic carbocycles. The van der Waals surface area contributed by atoms with E-state index in [-0.39, 0.29) is 11.8 Å². The van der Waals surface area contributed by atoms with Crippen LogP contribution in [-0.2, 0) is 4.79 Å². The fourth-order valence-corrected chi connectivity index (χ4v) is 2.87. The molecule has 1 aromatic heterocycles. The molecule has 1 saturated heterocycles. The molecule has 1 fully saturated rings. The van der Waals surface area contributed by atoms with Gasteiger partial charge >= 0.3 is 0 Å². The SMILES string of the molecule is Cc1occc1C(=O)N1CCN(C(=O)CCOc2ccccc2)CC1. The van der Waals surface area contributed by atoms with E-state index in [1.165, 1.54) is 6.26 Å². The maximum Gasteiger partial charge on any atom is 0.257 e. The number of amides is 2. The number of aryl methyl sites for hydroxylation is 1. The summed E-state index contributed by atoms with van der Waals surface area (Å²) in [5, 5.41) is 0. The predicted octanol–water partition coefficient (Wildman–Crippen LogP) is 2.34. The van der Waals surface area contributed by atoms with E-state index in [1.54, 1.807) is 22.8 Å². The fraction of sp³-hybridized carbons (Fsp3) is 0.368. The molecule has 1 aliphatic heterocycles. The first-order valence-electron chi connectivity index (χ1n) is 8.44. The van der Waals surface area contributed by atoms with E-state index in [0.29, 0.717) is 50.5 Å². The Bertz CT molecular complexity index is 718. The Hall–Kier alpha value is -2.76. The Morgan fingerprint density at radius 3 is 2.36 bits per heavy atom. The third-order valence-electron chi connectivity index (χ3n) is 4.34. The van der Waals surface area contributed by atoms with Gasteiger partial charge in [0, 0.05) is 26.2 Å². The van der Waals surface area contributed by atoms with Crippen molar-refractivity contribution in [3.63, 3.8) is 0 Å². The van der Waals surface area contributed by atoms with Gasteiger partial charge in [-0.3, -0.25) is 9.59 Å². The Kier molecular flexibility index (Phi) is 5.38. The molecule has 0 unspecified atom stereocenters. The minimum atomic E-state index is -0.0363. The van der Waals surface area contributed by atoms with Gasteiger partial charge in [-0.15, -0.1) is 0 Å². The highest BCUT2D eigenvalue weighted by atomic mass is 16.5. The highest BCUT2D eigenvalue weighted by molar-refractivity contribution is 5.95. The summed E-state index contributed by atoms with van der Waals surface area (Å²) in [6.45, 7) is 4.30. The fourth-order valence-electron chi connectivity index (χ4n) is 2.87. The molecule has 0 N–H and O–H groups in total. The standard InChI is InChI=1S/C19H22N2O4/c1-15-17(7-13-24-15)19(23)21-11-9-20(10-12-21)18(22)8-14-25-16-5-3-2-4-6-16/h2-7,13H,8-12,14H2,1H3. The molecule has 2 aromatic rings. The summed E-state index contributed by atoms with van der Waals surface area (Å²) in [5.41, 5.74) is 0.594. The summed E-state index contributed by atoms with van der Waals surface area (Å²) in [6.07, 6.45) is 1.86. The van der Waals surface area contributed by atoms with Crippen molar-refractivity contribution >= 4 is 11.8 Å². The molecule has 3 rings (SSSR count). The Balaban J connectivity index is 1.43. The van der Waals surface area contributed by atoms with Gasteiger partial charge in [-0.1, -0.05) is 18.2 Å². The lowest BCUT2D eigenvalue weighted by Crippen LogP contribution is -2.50. The second-order valence-electron chi connectivity index (χ2n) is 5.97. The summed E-state index contributed by atoms with van der Waals surface area (Å²) in [4.78, 5) is 28.3. The number of carbonyl (C=O) groups is 2. The maximum absolute atomic E-state index is 12.4. The van der Waals surface area contributed by atoms with Crippen molar-refractivity contribution in [1.29, 1.82) is 0 Å². The van der Waals surface area contributed by atoms with Crippen molar-refractivity contribution in [2.75, 3.05) is 32.8 Å². The minimum absolute atomic E-state index is 0.0363. The van der Waals surface area contributed by atoms with Gasteiger partial charge in [-0.05, 0) is 25.1 Å². The average Bonchev–Trinajstić information content (AvgIpc) is 3.08. The second-order valence-corrected chi connectivity index (χ2v) is 5.97. The quantitative estimate of drug-likeness (QED) is 0.837. The van der Waals surface area contributed by atoms with Crippen LogP contribution in [0, 0.1) is 6.92 Å². The number of carbonyl (C=O) groups excluding carboxylic acids is 2. The van der Waals surface area contributed by atoms with Crippen LogP contribution in [0.3, 0.4) is 0 Å². The lowest BCUT2D eigenvalue weighted by Gasteiger charge is -2.34. The number of piperazine rings is 1. The van der Waals surface area contributed by atoms with Gasteiger partial charge in [-0.25, -0.2) is 0 Å². The third-order valence-corrected chi connectivity index (χ3v) is 4.34. The van der Waals surface area contributed by atoms with Crippen LogP contribution in [0.15, 0.2) is 47.1 Å². The molecule has 1 aromatic carbocycles. The molecule has 0 radical (unpaired) electrons. The van der Waals surface area contributed by atoms with Gasteiger partial charge in [0.1, 0.15) is 11.5 Å². The molecule has 25 heavy (non-hydrogen) atoms. The molecule has 0 spiro atoms. The Morgan fingerprint density at radius 2 is 1.72 bits per heavy atom. The van der Waals surface area contributed by atoms with Crippen molar-refractivity contribution in [2.45, 2.75) is 13.3 Å². The number of furan rings is 1. The van der Waals surface area contributed by atoms with Crippen LogP contribution in [0.1, 0.15) is 22.5 Å². The number of rotatable bonds is 5. The molecule has 0 atom stereocenters. The number of hydrogen-bond acceptors (Lipinski definition) is 4. The highest BCUT2D eigenvalue weighted by Gasteiger charge is 2.26. The Labute approximate surface area is 147 Å². The first kappa shape index (κ1) is 17.1. The molecule has 0 bridgehead atoms. The summed E-state index contributed by atoms with van der Waals surface area (Å²) in [6, 6.07) is 11.1. The van der Waals surface area contributed by atoms with Crippen LogP contribution in [0.4, 0.5) is 0 Å². The monoisotopic (exact) mass is 342 g/mol. The zero-order chi connectivity index (χ0) is 17.6. The molecule has 2 heterocycles. The lowest BCUT2D eigenvalue weighted by molar-refractivity contribution is -0.133. The predicted molar refractivity (Wildman–Crippen MR) is 92.5 cm³/mol. The van der Waals surface area contributed by atoms with E-state index in [0.717, 1.165) is 5.75 Å². The number of nitrogens with zero attached hydrogens (tertiary/aromatic N) is 2. The smallest absolute Gasteiger partial charge is 0.257 e. The largest absolute Gasteiger partial charge is 0.493 e. The summed E-state index contributed by atoms with van der Waals surface area (Å²) in [7, 11) is 0. The summed E-state index contributed by atoms with van der Waals surface area (Å²) >= 11 is 0. The number of ether oxygens (including phenoxy) is 1. The molecule has 132 valence electrons. The van der Waals surface area contributed by atoms with Gasteiger partial charge in [0.15, 0.2) is 0 Å². The van der Waals surface area contributed by atoms with Crippen LogP contribution in [0.5, 0.6) is 5.75 Å². The molecule has 0 saturated carbocycles. The van der Waals surface area contributed by atoms with Crippen LogP contribution in [0.25, 0.3) is 0 Å².